The van der Waals surface area contributed by atoms with Gasteiger partial charge in [-0.1, -0.05) is 52.3 Å². The van der Waals surface area contributed by atoms with Gasteiger partial charge in [-0.05, 0) is 17.7 Å². The lowest BCUT2D eigenvalue weighted by Gasteiger charge is -2.07. The molecular weight excluding hydrogens is 352 g/mol. The summed E-state index contributed by atoms with van der Waals surface area (Å²) in [7, 11) is -3.03. The van der Waals surface area contributed by atoms with E-state index in [0.29, 0.717) is 5.71 Å². The van der Waals surface area contributed by atoms with Crippen LogP contribution in [0, 0.1) is 0 Å². The molecule has 4 nitrogen and oxygen atoms in total. The van der Waals surface area contributed by atoms with Crippen LogP contribution in [0.3, 0.4) is 0 Å². The van der Waals surface area contributed by atoms with E-state index in [9.17, 15) is 8.42 Å². The average Bonchev–Trinajstić information content (AvgIpc) is 2.42. The van der Waals surface area contributed by atoms with Crippen molar-refractivity contribution in [1.29, 1.82) is 0 Å². The standard InChI is InChI=1S/C15H15BrN2O2S/c1-21(19,20)10-11-2-4-12(5-3-11)15(18-17)13-6-8-14(16)9-7-13/h2-9H,10,17H2,1H3. The molecule has 110 valence electrons. The van der Waals surface area contributed by atoms with E-state index in [4.69, 9.17) is 5.84 Å². The number of hydrazone groups is 1. The first-order valence-electron chi connectivity index (χ1n) is 6.20. The molecule has 2 aromatic rings. The van der Waals surface area contributed by atoms with Crippen molar-refractivity contribution in [2.24, 2.45) is 10.9 Å². The highest BCUT2D eigenvalue weighted by Crippen LogP contribution is 2.16. The van der Waals surface area contributed by atoms with Crippen LogP contribution in [0.5, 0.6) is 0 Å². The van der Waals surface area contributed by atoms with Crippen molar-refractivity contribution in [2.45, 2.75) is 5.75 Å². The Hall–Kier alpha value is -1.66. The van der Waals surface area contributed by atoms with Crippen molar-refractivity contribution in [3.05, 3.63) is 69.7 Å². The third-order valence-electron chi connectivity index (χ3n) is 2.90. The molecule has 6 heteroatoms. The van der Waals surface area contributed by atoms with Crippen LogP contribution < -0.4 is 5.84 Å². The molecule has 0 saturated heterocycles. The van der Waals surface area contributed by atoms with E-state index in [1.54, 1.807) is 12.1 Å². The third kappa shape index (κ3) is 4.41. The number of hydrogen-bond acceptors (Lipinski definition) is 4. The number of nitrogens with zero attached hydrogens (tertiary/aromatic N) is 1. The van der Waals surface area contributed by atoms with Crippen LogP contribution >= 0.6 is 15.9 Å². The minimum absolute atomic E-state index is 0.0284. The lowest BCUT2D eigenvalue weighted by Crippen LogP contribution is -2.07. The van der Waals surface area contributed by atoms with Gasteiger partial charge in [-0.25, -0.2) is 8.42 Å². The maximum absolute atomic E-state index is 11.3. The highest BCUT2D eigenvalue weighted by Gasteiger charge is 2.09. The molecule has 0 aliphatic carbocycles. The van der Waals surface area contributed by atoms with Crippen LogP contribution in [0.2, 0.25) is 0 Å². The summed E-state index contributed by atoms with van der Waals surface area (Å²) in [5.74, 6) is 5.52. The summed E-state index contributed by atoms with van der Waals surface area (Å²) in [4.78, 5) is 0. The zero-order valence-corrected chi connectivity index (χ0v) is 13.9. The summed E-state index contributed by atoms with van der Waals surface area (Å²) < 4.78 is 23.5. The molecule has 21 heavy (non-hydrogen) atoms. The highest BCUT2D eigenvalue weighted by molar-refractivity contribution is 9.10. The van der Waals surface area contributed by atoms with Gasteiger partial charge in [0.05, 0.1) is 11.5 Å². The van der Waals surface area contributed by atoms with Gasteiger partial charge < -0.3 is 5.84 Å². The molecule has 0 amide bonds. The second kappa shape index (κ2) is 6.41. The van der Waals surface area contributed by atoms with Crippen LogP contribution in [0.25, 0.3) is 0 Å². The topological polar surface area (TPSA) is 72.5 Å². The van der Waals surface area contributed by atoms with Gasteiger partial charge in [0.15, 0.2) is 9.84 Å². The van der Waals surface area contributed by atoms with E-state index in [2.05, 4.69) is 21.0 Å². The quantitative estimate of drug-likeness (QED) is 0.513. The van der Waals surface area contributed by atoms with E-state index < -0.39 is 9.84 Å². The molecule has 0 atom stereocenters. The molecule has 0 saturated carbocycles. The molecule has 0 spiro atoms. The molecule has 0 radical (unpaired) electrons. The Morgan fingerprint density at radius 1 is 1.05 bits per heavy atom. The predicted octanol–water partition coefficient (Wildman–Crippen LogP) is 2.70. The Bertz CT molecular complexity index is 751. The average molecular weight is 367 g/mol. The summed E-state index contributed by atoms with van der Waals surface area (Å²) in [6.07, 6.45) is 1.22. The van der Waals surface area contributed by atoms with Crippen molar-refractivity contribution >= 4 is 31.5 Å². The zero-order valence-electron chi connectivity index (χ0n) is 11.5. The fourth-order valence-corrected chi connectivity index (χ4v) is 3.05. The number of sulfone groups is 1. The van der Waals surface area contributed by atoms with E-state index in [1.165, 1.54) is 6.26 Å². The first-order chi connectivity index (χ1) is 9.89. The van der Waals surface area contributed by atoms with Crippen LogP contribution in [0.4, 0.5) is 0 Å². The molecule has 0 aliphatic heterocycles. The van der Waals surface area contributed by atoms with Gasteiger partial charge in [0.2, 0.25) is 0 Å². The zero-order chi connectivity index (χ0) is 15.5. The summed E-state index contributed by atoms with van der Waals surface area (Å²) in [5.41, 5.74) is 3.15. The van der Waals surface area contributed by atoms with Gasteiger partial charge in [-0.15, -0.1) is 0 Å². The van der Waals surface area contributed by atoms with E-state index in [-0.39, 0.29) is 5.75 Å². The monoisotopic (exact) mass is 366 g/mol. The smallest absolute Gasteiger partial charge is 0.151 e. The Balaban J connectivity index is 2.30. The van der Waals surface area contributed by atoms with Gasteiger partial charge in [0.1, 0.15) is 0 Å². The van der Waals surface area contributed by atoms with Crippen LogP contribution in [0.15, 0.2) is 58.1 Å². The molecule has 2 N–H and O–H groups in total. The van der Waals surface area contributed by atoms with E-state index in [0.717, 1.165) is 21.2 Å². The van der Waals surface area contributed by atoms with Gasteiger partial charge in [-0.3, -0.25) is 0 Å². The van der Waals surface area contributed by atoms with Gasteiger partial charge in [0.25, 0.3) is 0 Å². The molecule has 2 aromatic carbocycles. The maximum Gasteiger partial charge on any atom is 0.151 e. The number of nitrogens with two attached hydrogens (primary N) is 1. The van der Waals surface area contributed by atoms with E-state index >= 15 is 0 Å². The van der Waals surface area contributed by atoms with Gasteiger partial charge in [0, 0.05) is 21.9 Å². The minimum atomic E-state index is -3.03. The van der Waals surface area contributed by atoms with Crippen molar-refractivity contribution in [3.63, 3.8) is 0 Å². The second-order valence-corrected chi connectivity index (χ2v) is 7.81. The summed E-state index contributed by atoms with van der Waals surface area (Å²) >= 11 is 3.38. The molecule has 0 bridgehead atoms. The molecule has 2 rings (SSSR count). The van der Waals surface area contributed by atoms with Crippen molar-refractivity contribution in [1.82, 2.24) is 0 Å². The molecule has 0 aromatic heterocycles. The molecule has 0 aliphatic rings. The minimum Gasteiger partial charge on any atom is -0.323 e. The second-order valence-electron chi connectivity index (χ2n) is 4.75. The molecule has 0 fully saturated rings. The normalized spacial score (nSPS) is 12.4. The Kier molecular flexibility index (Phi) is 4.80. The first-order valence-corrected chi connectivity index (χ1v) is 9.05. The lowest BCUT2D eigenvalue weighted by molar-refractivity contribution is 0.601. The van der Waals surface area contributed by atoms with Gasteiger partial charge in [-0.2, -0.15) is 5.10 Å². The van der Waals surface area contributed by atoms with Crippen molar-refractivity contribution in [3.8, 4) is 0 Å². The Labute approximate surface area is 132 Å². The summed E-state index contributed by atoms with van der Waals surface area (Å²) in [6, 6.07) is 14.9. The van der Waals surface area contributed by atoms with Gasteiger partial charge >= 0.3 is 0 Å². The predicted molar refractivity (Wildman–Crippen MR) is 89.0 cm³/mol. The van der Waals surface area contributed by atoms with Crippen LogP contribution in [-0.2, 0) is 15.6 Å². The fourth-order valence-electron chi connectivity index (χ4n) is 1.99. The highest BCUT2D eigenvalue weighted by atomic mass is 79.9. The summed E-state index contributed by atoms with van der Waals surface area (Å²) in [5, 5.41) is 3.85. The SMILES string of the molecule is CS(=O)(=O)Cc1ccc(C(=NN)c2ccc(Br)cc2)cc1. The van der Waals surface area contributed by atoms with Crippen LogP contribution in [-0.4, -0.2) is 20.4 Å². The number of hydrogen-bond donors (Lipinski definition) is 1. The maximum atomic E-state index is 11.3. The summed E-state index contributed by atoms with van der Waals surface area (Å²) in [6.45, 7) is 0. The molecule has 0 heterocycles. The lowest BCUT2D eigenvalue weighted by atomic mass is 10.0. The molecular formula is C15H15BrN2O2S. The first kappa shape index (κ1) is 15.7. The number of rotatable bonds is 4. The Morgan fingerprint density at radius 3 is 1.95 bits per heavy atom. The van der Waals surface area contributed by atoms with Crippen molar-refractivity contribution in [2.75, 3.05) is 6.26 Å². The number of benzene rings is 2. The van der Waals surface area contributed by atoms with Crippen LogP contribution in [0.1, 0.15) is 16.7 Å². The van der Waals surface area contributed by atoms with Crippen molar-refractivity contribution < 1.29 is 8.42 Å². The third-order valence-corrected chi connectivity index (χ3v) is 4.29. The fraction of sp³-hybridized carbons (Fsp3) is 0.133. The Morgan fingerprint density at radius 2 is 1.52 bits per heavy atom. The number of halogens is 1. The molecule has 0 unspecified atom stereocenters. The van der Waals surface area contributed by atoms with E-state index in [1.807, 2.05) is 36.4 Å². The largest absolute Gasteiger partial charge is 0.323 e.